The SMILES string of the molecule is O=C(Nc1ccc(C2CCN(C(=O)C3(c4ccccc4)CC3)CC2)cc1)C1CN(c2cccnn2)C1. The van der Waals surface area contributed by atoms with Gasteiger partial charge in [-0.3, -0.25) is 9.59 Å². The molecule has 1 aliphatic carbocycles. The average molecular weight is 482 g/mol. The third-order valence-electron chi connectivity index (χ3n) is 8.05. The van der Waals surface area contributed by atoms with E-state index in [1.165, 1.54) is 5.56 Å². The van der Waals surface area contributed by atoms with Crippen molar-refractivity contribution in [3.63, 3.8) is 0 Å². The van der Waals surface area contributed by atoms with Crippen molar-refractivity contribution < 1.29 is 9.59 Å². The number of nitrogens with zero attached hydrogens (tertiary/aromatic N) is 4. The van der Waals surface area contributed by atoms with Crippen molar-refractivity contribution in [2.75, 3.05) is 36.4 Å². The van der Waals surface area contributed by atoms with E-state index >= 15 is 0 Å². The number of carbonyl (C=O) groups is 2. The fourth-order valence-electron chi connectivity index (χ4n) is 5.60. The topological polar surface area (TPSA) is 78.4 Å². The molecule has 0 bridgehead atoms. The maximum Gasteiger partial charge on any atom is 0.233 e. The second kappa shape index (κ2) is 9.37. The van der Waals surface area contributed by atoms with E-state index in [0.29, 0.717) is 24.9 Å². The van der Waals surface area contributed by atoms with Crippen LogP contribution in [-0.2, 0) is 15.0 Å². The van der Waals surface area contributed by atoms with Crippen LogP contribution in [0.1, 0.15) is 42.7 Å². The third-order valence-corrected chi connectivity index (χ3v) is 8.05. The highest BCUT2D eigenvalue weighted by Gasteiger charge is 2.53. The van der Waals surface area contributed by atoms with Crippen molar-refractivity contribution in [1.29, 1.82) is 0 Å². The summed E-state index contributed by atoms with van der Waals surface area (Å²) in [7, 11) is 0. The standard InChI is InChI=1S/C29H31N5O2/c35-27(23-19-34(20-23)26-7-4-16-30-32-26)31-25-10-8-21(9-11-25)22-12-17-33(18-13-22)28(36)29(14-15-29)24-5-2-1-3-6-24/h1-11,16,22-23H,12-15,17-20H2,(H,31,35). The van der Waals surface area contributed by atoms with E-state index < -0.39 is 0 Å². The van der Waals surface area contributed by atoms with Crippen LogP contribution in [0.4, 0.5) is 11.5 Å². The van der Waals surface area contributed by atoms with Gasteiger partial charge in [0.25, 0.3) is 0 Å². The molecule has 1 saturated carbocycles. The summed E-state index contributed by atoms with van der Waals surface area (Å²) >= 11 is 0. The number of carbonyl (C=O) groups excluding carboxylic acids is 2. The van der Waals surface area contributed by atoms with Crippen molar-refractivity contribution in [2.45, 2.75) is 37.0 Å². The molecule has 1 aromatic heterocycles. The van der Waals surface area contributed by atoms with Gasteiger partial charge in [0.1, 0.15) is 0 Å². The fourth-order valence-corrected chi connectivity index (χ4v) is 5.60. The lowest BCUT2D eigenvalue weighted by Gasteiger charge is -2.38. The Bertz CT molecular complexity index is 1210. The van der Waals surface area contributed by atoms with Gasteiger partial charge in [-0.25, -0.2) is 0 Å². The summed E-state index contributed by atoms with van der Waals surface area (Å²) in [6, 6.07) is 22.3. The quantitative estimate of drug-likeness (QED) is 0.576. The number of hydrogen-bond acceptors (Lipinski definition) is 5. The lowest BCUT2D eigenvalue weighted by atomic mass is 9.87. The number of benzene rings is 2. The zero-order valence-corrected chi connectivity index (χ0v) is 20.3. The van der Waals surface area contributed by atoms with E-state index in [-0.39, 0.29) is 17.2 Å². The first-order valence-corrected chi connectivity index (χ1v) is 12.9. The summed E-state index contributed by atoms with van der Waals surface area (Å²) in [5, 5.41) is 11.0. The number of aromatic nitrogens is 2. The lowest BCUT2D eigenvalue weighted by molar-refractivity contribution is -0.135. The molecule has 2 saturated heterocycles. The number of nitrogens with one attached hydrogen (secondary N) is 1. The summed E-state index contributed by atoms with van der Waals surface area (Å²) in [4.78, 5) is 30.1. The molecule has 1 N–H and O–H groups in total. The zero-order valence-electron chi connectivity index (χ0n) is 20.3. The minimum atomic E-state index is -0.278. The van der Waals surface area contributed by atoms with Gasteiger partial charge >= 0.3 is 0 Å². The minimum absolute atomic E-state index is 0.0424. The Hall–Kier alpha value is -3.74. The van der Waals surface area contributed by atoms with Crippen LogP contribution in [0.5, 0.6) is 0 Å². The van der Waals surface area contributed by atoms with Crippen LogP contribution in [0.3, 0.4) is 0 Å². The van der Waals surface area contributed by atoms with E-state index in [1.807, 2.05) is 42.5 Å². The van der Waals surface area contributed by atoms with E-state index in [0.717, 1.165) is 55.8 Å². The van der Waals surface area contributed by atoms with Crippen molar-refractivity contribution in [3.05, 3.63) is 84.1 Å². The first-order chi connectivity index (χ1) is 17.6. The second-order valence-corrected chi connectivity index (χ2v) is 10.3. The van der Waals surface area contributed by atoms with Crippen molar-refractivity contribution in [1.82, 2.24) is 15.1 Å². The molecule has 36 heavy (non-hydrogen) atoms. The summed E-state index contributed by atoms with van der Waals surface area (Å²) in [6.07, 6.45) is 5.52. The number of amides is 2. The molecule has 7 nitrogen and oxygen atoms in total. The Labute approximate surface area is 211 Å². The van der Waals surface area contributed by atoms with E-state index in [1.54, 1.807) is 6.20 Å². The van der Waals surface area contributed by atoms with Crippen molar-refractivity contribution >= 4 is 23.3 Å². The Morgan fingerprint density at radius 2 is 1.61 bits per heavy atom. The number of rotatable bonds is 6. The molecule has 3 heterocycles. The molecule has 3 fully saturated rings. The predicted molar refractivity (Wildman–Crippen MR) is 139 cm³/mol. The third kappa shape index (κ3) is 4.34. The van der Waals surface area contributed by atoms with Gasteiger partial charge in [-0.2, -0.15) is 5.10 Å². The molecule has 2 amide bonds. The van der Waals surface area contributed by atoms with Crippen LogP contribution in [0.2, 0.25) is 0 Å². The van der Waals surface area contributed by atoms with Crippen molar-refractivity contribution in [3.8, 4) is 0 Å². The maximum absolute atomic E-state index is 13.3. The molecule has 2 aliphatic heterocycles. The van der Waals surface area contributed by atoms with Crippen LogP contribution in [0.15, 0.2) is 72.9 Å². The van der Waals surface area contributed by atoms with Gasteiger partial charge in [0, 0.05) is 38.1 Å². The summed E-state index contributed by atoms with van der Waals surface area (Å²) in [5.74, 6) is 1.56. The smallest absolute Gasteiger partial charge is 0.233 e. The lowest BCUT2D eigenvalue weighted by Crippen LogP contribution is -2.52. The zero-order chi connectivity index (χ0) is 24.5. The molecular formula is C29H31N5O2. The van der Waals surface area contributed by atoms with Gasteiger partial charge in [-0.1, -0.05) is 42.5 Å². The Balaban J connectivity index is 0.995. The normalized spacial score (nSPS) is 19.4. The van der Waals surface area contributed by atoms with E-state index in [9.17, 15) is 9.59 Å². The molecular weight excluding hydrogens is 450 g/mol. The van der Waals surface area contributed by atoms with Crippen LogP contribution >= 0.6 is 0 Å². The largest absolute Gasteiger partial charge is 0.353 e. The molecule has 0 spiro atoms. The molecule has 0 unspecified atom stereocenters. The molecule has 184 valence electrons. The molecule has 3 aliphatic rings. The van der Waals surface area contributed by atoms with Gasteiger partial charge < -0.3 is 15.1 Å². The van der Waals surface area contributed by atoms with Gasteiger partial charge in [0.15, 0.2) is 5.82 Å². The highest BCUT2D eigenvalue weighted by molar-refractivity contribution is 5.94. The molecule has 7 heteroatoms. The molecule has 0 radical (unpaired) electrons. The van der Waals surface area contributed by atoms with E-state index in [4.69, 9.17) is 0 Å². The van der Waals surface area contributed by atoms with Gasteiger partial charge in [0.2, 0.25) is 11.8 Å². The molecule has 0 atom stereocenters. The first kappa shape index (κ1) is 22.7. The number of anilines is 2. The Morgan fingerprint density at radius 1 is 0.889 bits per heavy atom. The Morgan fingerprint density at radius 3 is 2.25 bits per heavy atom. The monoisotopic (exact) mass is 481 g/mol. The highest BCUT2D eigenvalue weighted by Crippen LogP contribution is 2.50. The highest BCUT2D eigenvalue weighted by atomic mass is 16.2. The van der Waals surface area contributed by atoms with Crippen LogP contribution in [0.25, 0.3) is 0 Å². The summed E-state index contributed by atoms with van der Waals surface area (Å²) in [6.45, 7) is 2.93. The van der Waals surface area contributed by atoms with Crippen molar-refractivity contribution in [2.24, 2.45) is 5.92 Å². The van der Waals surface area contributed by atoms with Crippen LogP contribution in [0, 0.1) is 5.92 Å². The molecule has 3 aromatic rings. The summed E-state index contributed by atoms with van der Waals surface area (Å²) < 4.78 is 0. The molecule has 6 rings (SSSR count). The minimum Gasteiger partial charge on any atom is -0.353 e. The predicted octanol–water partition coefficient (Wildman–Crippen LogP) is 3.99. The Kier molecular flexibility index (Phi) is 5.91. The maximum atomic E-state index is 13.3. The van der Waals surface area contributed by atoms with Gasteiger partial charge in [-0.05, 0) is 67.0 Å². The van der Waals surface area contributed by atoms with E-state index in [2.05, 4.69) is 49.6 Å². The van der Waals surface area contributed by atoms with Crippen LogP contribution < -0.4 is 10.2 Å². The number of likely N-dealkylation sites (tertiary alicyclic amines) is 1. The average Bonchev–Trinajstić information content (AvgIpc) is 3.71. The first-order valence-electron chi connectivity index (χ1n) is 12.9. The molecule has 2 aromatic carbocycles. The number of piperidine rings is 1. The number of hydrogen-bond donors (Lipinski definition) is 1. The van der Waals surface area contributed by atoms with Gasteiger partial charge in [0.05, 0.1) is 11.3 Å². The summed E-state index contributed by atoms with van der Waals surface area (Å²) in [5.41, 5.74) is 2.99. The fraction of sp³-hybridized carbons (Fsp3) is 0.379. The van der Waals surface area contributed by atoms with Gasteiger partial charge in [-0.15, -0.1) is 5.10 Å². The van der Waals surface area contributed by atoms with Crippen LogP contribution in [-0.4, -0.2) is 53.1 Å². The second-order valence-electron chi connectivity index (χ2n) is 10.3.